The SMILES string of the molecule is CCC(=O)NC1CCN(n2cnc3cnc4[nH]ccc4c32)C1. The van der Waals surface area contributed by atoms with Crippen molar-refractivity contribution in [2.45, 2.75) is 25.8 Å². The van der Waals surface area contributed by atoms with E-state index in [4.69, 9.17) is 0 Å². The first-order valence-electron chi connectivity index (χ1n) is 7.60. The molecule has 4 heterocycles. The summed E-state index contributed by atoms with van der Waals surface area (Å²) in [7, 11) is 0. The van der Waals surface area contributed by atoms with Crippen molar-refractivity contribution in [2.24, 2.45) is 0 Å². The summed E-state index contributed by atoms with van der Waals surface area (Å²) in [5.41, 5.74) is 2.81. The average Bonchev–Trinajstić information content (AvgIpc) is 3.24. The highest BCUT2D eigenvalue weighted by Crippen LogP contribution is 2.23. The third kappa shape index (κ3) is 2.01. The van der Waals surface area contributed by atoms with Crippen LogP contribution in [0.25, 0.3) is 22.1 Å². The fraction of sp³-hybridized carbons (Fsp3) is 0.400. The monoisotopic (exact) mass is 298 g/mol. The first kappa shape index (κ1) is 13.1. The fourth-order valence-electron chi connectivity index (χ4n) is 3.09. The number of H-pyrrole nitrogens is 1. The maximum absolute atomic E-state index is 11.6. The molecule has 0 saturated carbocycles. The van der Waals surface area contributed by atoms with Gasteiger partial charge in [0.25, 0.3) is 0 Å². The molecule has 0 aromatic carbocycles. The van der Waals surface area contributed by atoms with Gasteiger partial charge in [0.2, 0.25) is 5.91 Å². The van der Waals surface area contributed by atoms with E-state index in [1.165, 1.54) is 0 Å². The van der Waals surface area contributed by atoms with Gasteiger partial charge >= 0.3 is 0 Å². The number of carbonyl (C=O) groups is 1. The zero-order chi connectivity index (χ0) is 15.1. The summed E-state index contributed by atoms with van der Waals surface area (Å²) in [5, 5.41) is 6.36. The van der Waals surface area contributed by atoms with Crippen molar-refractivity contribution in [3.8, 4) is 0 Å². The van der Waals surface area contributed by atoms with Crippen LogP contribution in [0, 0.1) is 0 Å². The van der Waals surface area contributed by atoms with Gasteiger partial charge in [0.15, 0.2) is 0 Å². The standard InChI is InChI=1S/C15H18N6O/c1-2-13(22)19-10-4-6-20(8-10)21-9-18-12-7-17-15-11(14(12)21)3-5-16-15/h3,5,7,9-10H,2,4,6,8H2,1H3,(H,16,17)(H,19,22). The lowest BCUT2D eigenvalue weighted by Gasteiger charge is -2.21. The summed E-state index contributed by atoms with van der Waals surface area (Å²) in [4.78, 5) is 23.5. The van der Waals surface area contributed by atoms with E-state index < -0.39 is 0 Å². The van der Waals surface area contributed by atoms with Crippen LogP contribution in [0.1, 0.15) is 19.8 Å². The van der Waals surface area contributed by atoms with Crippen molar-refractivity contribution >= 4 is 28.0 Å². The molecule has 1 unspecified atom stereocenters. The predicted molar refractivity (Wildman–Crippen MR) is 84.2 cm³/mol. The van der Waals surface area contributed by atoms with Crippen molar-refractivity contribution in [1.82, 2.24) is 24.9 Å². The van der Waals surface area contributed by atoms with Gasteiger partial charge in [0.1, 0.15) is 23.0 Å². The molecule has 114 valence electrons. The second-order valence-corrected chi connectivity index (χ2v) is 5.64. The highest BCUT2D eigenvalue weighted by molar-refractivity contribution is 6.01. The Morgan fingerprint density at radius 2 is 2.41 bits per heavy atom. The molecule has 7 nitrogen and oxygen atoms in total. The van der Waals surface area contributed by atoms with Crippen LogP contribution in [-0.2, 0) is 4.79 Å². The summed E-state index contributed by atoms with van der Waals surface area (Å²) < 4.78 is 2.09. The molecule has 4 rings (SSSR count). The van der Waals surface area contributed by atoms with Gasteiger partial charge in [-0.15, -0.1) is 0 Å². The fourth-order valence-corrected chi connectivity index (χ4v) is 3.09. The molecule has 0 bridgehead atoms. The predicted octanol–water partition coefficient (Wildman–Crippen LogP) is 1.15. The largest absolute Gasteiger partial charge is 0.351 e. The molecule has 1 saturated heterocycles. The molecule has 3 aromatic heterocycles. The average molecular weight is 298 g/mol. The van der Waals surface area contributed by atoms with E-state index in [1.54, 1.807) is 6.20 Å². The van der Waals surface area contributed by atoms with Crippen molar-refractivity contribution in [2.75, 3.05) is 18.1 Å². The summed E-state index contributed by atoms with van der Waals surface area (Å²) in [6.45, 7) is 3.57. The number of imidazole rings is 1. The van der Waals surface area contributed by atoms with Gasteiger partial charge in [-0.05, 0) is 12.5 Å². The van der Waals surface area contributed by atoms with Crippen LogP contribution in [0.2, 0.25) is 0 Å². The number of carbonyl (C=O) groups excluding carboxylic acids is 1. The topological polar surface area (TPSA) is 78.8 Å². The second kappa shape index (κ2) is 5.01. The molecule has 22 heavy (non-hydrogen) atoms. The minimum absolute atomic E-state index is 0.111. The van der Waals surface area contributed by atoms with Gasteiger partial charge in [-0.1, -0.05) is 6.92 Å². The van der Waals surface area contributed by atoms with Gasteiger partial charge < -0.3 is 15.3 Å². The van der Waals surface area contributed by atoms with E-state index in [9.17, 15) is 4.79 Å². The lowest BCUT2D eigenvalue weighted by molar-refractivity contribution is -0.121. The maximum Gasteiger partial charge on any atom is 0.219 e. The Balaban J connectivity index is 1.67. The normalized spacial score (nSPS) is 18.4. The number of hydrogen-bond donors (Lipinski definition) is 2. The van der Waals surface area contributed by atoms with Gasteiger partial charge in [0.05, 0.1) is 12.7 Å². The number of nitrogens with zero attached hydrogens (tertiary/aromatic N) is 4. The molecular weight excluding hydrogens is 280 g/mol. The maximum atomic E-state index is 11.6. The Labute approximate surface area is 127 Å². The van der Waals surface area contributed by atoms with E-state index >= 15 is 0 Å². The molecule has 1 atom stereocenters. The van der Waals surface area contributed by atoms with Crippen LogP contribution in [-0.4, -0.2) is 44.7 Å². The van der Waals surface area contributed by atoms with E-state index in [1.807, 2.05) is 25.5 Å². The van der Waals surface area contributed by atoms with Crippen LogP contribution in [0.5, 0.6) is 0 Å². The molecule has 0 aliphatic carbocycles. The Bertz CT molecular complexity index is 835. The van der Waals surface area contributed by atoms with Gasteiger partial charge in [-0.25, -0.2) is 14.6 Å². The second-order valence-electron chi connectivity index (χ2n) is 5.64. The van der Waals surface area contributed by atoms with Gasteiger partial charge in [-0.2, -0.15) is 0 Å². The number of pyridine rings is 1. The van der Waals surface area contributed by atoms with Crippen molar-refractivity contribution in [3.63, 3.8) is 0 Å². The van der Waals surface area contributed by atoms with Crippen molar-refractivity contribution in [3.05, 3.63) is 24.8 Å². The van der Waals surface area contributed by atoms with Crippen LogP contribution in [0.4, 0.5) is 0 Å². The molecule has 1 aliphatic rings. The van der Waals surface area contributed by atoms with E-state index in [0.29, 0.717) is 6.42 Å². The number of rotatable bonds is 3. The molecule has 1 fully saturated rings. The minimum Gasteiger partial charge on any atom is -0.351 e. The van der Waals surface area contributed by atoms with Crippen molar-refractivity contribution in [1.29, 1.82) is 0 Å². The lowest BCUT2D eigenvalue weighted by atomic mass is 10.2. The number of hydrogen-bond acceptors (Lipinski definition) is 4. The summed E-state index contributed by atoms with van der Waals surface area (Å²) in [5.74, 6) is 0.111. The number of nitrogens with one attached hydrogen (secondary N) is 2. The third-order valence-electron chi connectivity index (χ3n) is 4.23. The molecule has 7 heteroatoms. The summed E-state index contributed by atoms with van der Waals surface area (Å²) in [6, 6.07) is 2.23. The first-order chi connectivity index (χ1) is 10.8. The van der Waals surface area contributed by atoms with E-state index in [0.717, 1.165) is 41.6 Å². The molecule has 3 aromatic rings. The Morgan fingerprint density at radius 3 is 3.27 bits per heavy atom. The quantitative estimate of drug-likeness (QED) is 0.760. The zero-order valence-electron chi connectivity index (χ0n) is 12.4. The van der Waals surface area contributed by atoms with Gasteiger partial charge in [0, 0.05) is 30.6 Å². The Hall–Kier alpha value is -2.57. The minimum atomic E-state index is 0.111. The van der Waals surface area contributed by atoms with E-state index in [-0.39, 0.29) is 11.9 Å². The van der Waals surface area contributed by atoms with Crippen molar-refractivity contribution < 1.29 is 4.79 Å². The number of aromatic amines is 1. The van der Waals surface area contributed by atoms with E-state index in [2.05, 4.69) is 30.0 Å². The van der Waals surface area contributed by atoms with Crippen LogP contribution in [0.3, 0.4) is 0 Å². The van der Waals surface area contributed by atoms with Crippen LogP contribution >= 0.6 is 0 Å². The summed E-state index contributed by atoms with van der Waals surface area (Å²) in [6.07, 6.45) is 7.00. The highest BCUT2D eigenvalue weighted by atomic mass is 16.1. The number of aromatic nitrogens is 4. The summed E-state index contributed by atoms with van der Waals surface area (Å²) >= 11 is 0. The van der Waals surface area contributed by atoms with Crippen LogP contribution in [0.15, 0.2) is 24.8 Å². The Morgan fingerprint density at radius 1 is 1.50 bits per heavy atom. The molecule has 2 N–H and O–H groups in total. The number of fused-ring (bicyclic) bond motifs is 3. The smallest absolute Gasteiger partial charge is 0.219 e. The molecule has 0 spiro atoms. The highest BCUT2D eigenvalue weighted by Gasteiger charge is 2.25. The third-order valence-corrected chi connectivity index (χ3v) is 4.23. The lowest BCUT2D eigenvalue weighted by Crippen LogP contribution is -2.39. The molecule has 1 amide bonds. The number of amides is 1. The molecular formula is C15H18N6O. The van der Waals surface area contributed by atoms with Gasteiger partial charge in [-0.3, -0.25) is 4.79 Å². The molecule has 0 radical (unpaired) electrons. The Kier molecular flexibility index (Phi) is 2.99. The van der Waals surface area contributed by atoms with Crippen LogP contribution < -0.4 is 10.3 Å². The first-order valence-corrected chi connectivity index (χ1v) is 7.60. The zero-order valence-corrected chi connectivity index (χ0v) is 12.4. The molecule has 1 aliphatic heterocycles.